The first-order chi connectivity index (χ1) is 9.81. The zero-order valence-corrected chi connectivity index (χ0v) is 13.1. The van der Waals surface area contributed by atoms with Crippen molar-refractivity contribution in [2.45, 2.75) is 76.8 Å². The van der Waals surface area contributed by atoms with Crippen LogP contribution in [-0.2, 0) is 0 Å². The second kappa shape index (κ2) is 8.64. The van der Waals surface area contributed by atoms with Crippen molar-refractivity contribution in [2.24, 2.45) is 5.92 Å². The molecule has 1 aliphatic carbocycles. The van der Waals surface area contributed by atoms with E-state index in [1.807, 2.05) is 0 Å². The van der Waals surface area contributed by atoms with Crippen molar-refractivity contribution in [3.63, 3.8) is 0 Å². The average molecular weight is 277 g/mol. The third-order valence-corrected chi connectivity index (χ3v) is 4.95. The fourth-order valence-corrected chi connectivity index (χ4v) is 3.96. The molecule has 2 fully saturated rings. The number of nitriles is 1. The highest BCUT2D eigenvalue weighted by Gasteiger charge is 2.28. The maximum Gasteiger partial charge on any atom is 0.0866 e. The van der Waals surface area contributed by atoms with E-state index < -0.39 is 0 Å². The predicted octanol–water partition coefficient (Wildman–Crippen LogP) is 3.31. The highest BCUT2D eigenvalue weighted by Crippen LogP contribution is 2.24. The van der Waals surface area contributed by atoms with E-state index in [2.05, 4.69) is 23.2 Å². The van der Waals surface area contributed by atoms with Crippen molar-refractivity contribution < 1.29 is 0 Å². The normalized spacial score (nSPS) is 29.2. The molecule has 2 aliphatic rings. The minimum absolute atomic E-state index is 0.603. The third-order valence-electron chi connectivity index (χ3n) is 4.95. The van der Waals surface area contributed by atoms with Crippen LogP contribution in [0.3, 0.4) is 0 Å². The molecule has 2 atom stereocenters. The van der Waals surface area contributed by atoms with Gasteiger partial charge < -0.3 is 5.32 Å². The first-order valence-corrected chi connectivity index (χ1v) is 8.67. The van der Waals surface area contributed by atoms with Crippen molar-refractivity contribution in [2.75, 3.05) is 19.6 Å². The van der Waals surface area contributed by atoms with Gasteiger partial charge in [0.2, 0.25) is 0 Å². The molecule has 0 aromatic heterocycles. The summed E-state index contributed by atoms with van der Waals surface area (Å²) in [5, 5.41) is 12.9. The summed E-state index contributed by atoms with van der Waals surface area (Å²) in [5.41, 5.74) is 0. The highest BCUT2D eigenvalue weighted by molar-refractivity contribution is 4.89. The van der Waals surface area contributed by atoms with Gasteiger partial charge in [-0.1, -0.05) is 39.0 Å². The molecule has 0 bridgehead atoms. The Morgan fingerprint density at radius 3 is 2.65 bits per heavy atom. The number of nitrogens with zero attached hydrogens (tertiary/aromatic N) is 2. The minimum atomic E-state index is 0.603. The van der Waals surface area contributed by atoms with Crippen molar-refractivity contribution in [1.29, 1.82) is 5.26 Å². The van der Waals surface area contributed by atoms with E-state index in [9.17, 15) is 0 Å². The van der Waals surface area contributed by atoms with Crippen LogP contribution in [0.5, 0.6) is 0 Å². The lowest BCUT2D eigenvalue weighted by Crippen LogP contribution is -2.52. The summed E-state index contributed by atoms with van der Waals surface area (Å²) in [4.78, 5) is 2.37. The molecule has 0 amide bonds. The Hall–Kier alpha value is -0.590. The Balaban J connectivity index is 1.83. The molecule has 0 radical (unpaired) electrons. The van der Waals surface area contributed by atoms with Crippen LogP contribution >= 0.6 is 0 Å². The van der Waals surface area contributed by atoms with Crippen LogP contribution in [0, 0.1) is 17.2 Å². The molecule has 1 aliphatic heterocycles. The summed E-state index contributed by atoms with van der Waals surface area (Å²) < 4.78 is 0. The van der Waals surface area contributed by atoms with E-state index in [1.165, 1.54) is 57.8 Å². The smallest absolute Gasteiger partial charge is 0.0866 e. The Morgan fingerprint density at radius 1 is 1.15 bits per heavy atom. The maximum absolute atomic E-state index is 8.98. The van der Waals surface area contributed by atoms with Gasteiger partial charge in [0.25, 0.3) is 0 Å². The summed E-state index contributed by atoms with van der Waals surface area (Å²) in [6, 6.07) is 3.69. The first-order valence-electron chi connectivity index (χ1n) is 8.67. The highest BCUT2D eigenvalue weighted by atomic mass is 15.2. The first kappa shape index (κ1) is 15.8. The van der Waals surface area contributed by atoms with E-state index in [0.29, 0.717) is 12.6 Å². The fourth-order valence-electron chi connectivity index (χ4n) is 3.96. The van der Waals surface area contributed by atoms with Crippen molar-refractivity contribution in [1.82, 2.24) is 10.2 Å². The quantitative estimate of drug-likeness (QED) is 0.757. The Kier molecular flexibility index (Phi) is 6.82. The summed E-state index contributed by atoms with van der Waals surface area (Å²) in [7, 11) is 0. The molecule has 1 heterocycles. The van der Waals surface area contributed by atoms with Gasteiger partial charge in [-0.25, -0.2) is 0 Å². The molecule has 0 aromatic carbocycles. The lowest BCUT2D eigenvalue weighted by Gasteiger charge is -2.39. The molecule has 114 valence electrons. The topological polar surface area (TPSA) is 39.1 Å². The Bertz CT molecular complexity index is 304. The molecule has 1 N–H and O–H groups in total. The van der Waals surface area contributed by atoms with E-state index in [4.69, 9.17) is 5.26 Å². The van der Waals surface area contributed by atoms with Crippen LogP contribution in [0.15, 0.2) is 0 Å². The van der Waals surface area contributed by atoms with Gasteiger partial charge in [0.05, 0.1) is 12.6 Å². The third kappa shape index (κ3) is 5.07. The lowest BCUT2D eigenvalue weighted by molar-refractivity contribution is 0.137. The number of piperidine rings is 1. The van der Waals surface area contributed by atoms with Crippen LogP contribution in [0.4, 0.5) is 0 Å². The van der Waals surface area contributed by atoms with Gasteiger partial charge in [-0.2, -0.15) is 5.26 Å². The number of rotatable bonds is 6. The van der Waals surface area contributed by atoms with Gasteiger partial charge in [-0.15, -0.1) is 0 Å². The van der Waals surface area contributed by atoms with Gasteiger partial charge >= 0.3 is 0 Å². The molecular weight excluding hydrogens is 246 g/mol. The van der Waals surface area contributed by atoms with Crippen LogP contribution < -0.4 is 5.32 Å². The van der Waals surface area contributed by atoms with Crippen molar-refractivity contribution in [3.05, 3.63) is 0 Å². The van der Waals surface area contributed by atoms with Gasteiger partial charge in [0.1, 0.15) is 0 Å². The van der Waals surface area contributed by atoms with Crippen LogP contribution in [0.25, 0.3) is 0 Å². The second-order valence-corrected chi connectivity index (χ2v) is 6.79. The summed E-state index contributed by atoms with van der Waals surface area (Å²) >= 11 is 0. The molecule has 0 spiro atoms. The van der Waals surface area contributed by atoms with E-state index in [-0.39, 0.29) is 0 Å². The minimum Gasteiger partial charge on any atom is -0.310 e. The van der Waals surface area contributed by atoms with Crippen molar-refractivity contribution >= 4 is 0 Å². The molecule has 20 heavy (non-hydrogen) atoms. The van der Waals surface area contributed by atoms with E-state index >= 15 is 0 Å². The standard InChI is InChI=1S/C17H31N3/c1-2-3-7-15-12-17(14-20(13-15)11-10-18)19-16-8-5-4-6-9-16/h15-17,19H,2-9,11-14H2,1H3. The molecule has 2 rings (SSSR count). The van der Waals surface area contributed by atoms with Gasteiger partial charge in [0.15, 0.2) is 0 Å². The van der Waals surface area contributed by atoms with Gasteiger partial charge in [-0.05, 0) is 31.6 Å². The molecule has 3 nitrogen and oxygen atoms in total. The SMILES string of the molecule is CCCCC1CC(NC2CCCCC2)CN(CC#N)C1. The fraction of sp³-hybridized carbons (Fsp3) is 0.941. The zero-order chi connectivity index (χ0) is 14.2. The molecule has 0 aromatic rings. The molecule has 1 saturated heterocycles. The van der Waals surface area contributed by atoms with E-state index in [0.717, 1.165) is 25.0 Å². The maximum atomic E-state index is 8.98. The second-order valence-electron chi connectivity index (χ2n) is 6.79. The largest absolute Gasteiger partial charge is 0.310 e. The Morgan fingerprint density at radius 2 is 1.95 bits per heavy atom. The van der Waals surface area contributed by atoms with E-state index in [1.54, 1.807) is 0 Å². The van der Waals surface area contributed by atoms with Gasteiger partial charge in [-0.3, -0.25) is 4.90 Å². The summed E-state index contributed by atoms with van der Waals surface area (Å²) in [6.45, 7) is 5.09. The van der Waals surface area contributed by atoms with Crippen molar-refractivity contribution in [3.8, 4) is 6.07 Å². The monoisotopic (exact) mass is 277 g/mol. The number of unbranched alkanes of at least 4 members (excludes halogenated alkanes) is 1. The molecule has 2 unspecified atom stereocenters. The number of hydrogen-bond donors (Lipinski definition) is 1. The van der Waals surface area contributed by atoms with Crippen LogP contribution in [0.1, 0.15) is 64.7 Å². The van der Waals surface area contributed by atoms with Crippen LogP contribution in [0.2, 0.25) is 0 Å². The zero-order valence-electron chi connectivity index (χ0n) is 13.1. The van der Waals surface area contributed by atoms with Gasteiger partial charge in [0, 0.05) is 25.2 Å². The predicted molar refractivity (Wildman–Crippen MR) is 83.5 cm³/mol. The Labute approximate surface area is 124 Å². The number of hydrogen-bond acceptors (Lipinski definition) is 3. The summed E-state index contributed by atoms with van der Waals surface area (Å²) in [6.07, 6.45) is 12.2. The molecule has 3 heteroatoms. The number of nitrogens with one attached hydrogen (secondary N) is 1. The number of likely N-dealkylation sites (tertiary alicyclic amines) is 1. The average Bonchev–Trinajstić information content (AvgIpc) is 2.46. The summed E-state index contributed by atoms with van der Waals surface area (Å²) in [5.74, 6) is 0.790. The molecule has 1 saturated carbocycles. The van der Waals surface area contributed by atoms with Crippen LogP contribution in [-0.4, -0.2) is 36.6 Å². The molecular formula is C17H31N3. The lowest BCUT2D eigenvalue weighted by atomic mass is 9.88.